The average Bonchev–Trinajstić information content (AvgIpc) is 3.34. The van der Waals surface area contributed by atoms with E-state index in [0.29, 0.717) is 17.3 Å². The molecule has 10 nitrogen and oxygen atoms in total. The van der Waals surface area contributed by atoms with Crippen LogP contribution in [0.2, 0.25) is 0 Å². The Balaban J connectivity index is 1.44. The van der Waals surface area contributed by atoms with Crippen molar-refractivity contribution in [3.05, 3.63) is 35.9 Å². The second-order valence-corrected chi connectivity index (χ2v) is 7.17. The zero-order valence-electron chi connectivity index (χ0n) is 16.2. The van der Waals surface area contributed by atoms with Crippen molar-refractivity contribution >= 4 is 23.2 Å². The summed E-state index contributed by atoms with van der Waals surface area (Å²) in [4.78, 5) is 16.0. The minimum Gasteiger partial charge on any atom is -0.441 e. The van der Waals surface area contributed by atoms with E-state index in [-0.39, 0.29) is 12.6 Å². The number of nitrogens with one attached hydrogen (secondary N) is 3. The van der Waals surface area contributed by atoms with Crippen molar-refractivity contribution in [2.75, 3.05) is 11.9 Å². The Morgan fingerprint density at radius 3 is 3.07 bits per heavy atom. The molecule has 1 fully saturated rings. The summed E-state index contributed by atoms with van der Waals surface area (Å²) in [7, 11) is 0. The smallest absolute Gasteiger partial charge is 0.407 e. The molecule has 3 N–H and O–H groups in total. The molecule has 3 aromatic heterocycles. The predicted octanol–water partition coefficient (Wildman–Crippen LogP) is 2.42. The van der Waals surface area contributed by atoms with Crippen molar-refractivity contribution in [1.29, 1.82) is 0 Å². The standard InChI is InChI=1S/C18H22FN7O3/c1-9(2)21-18(27)29-13-8-28-16(15(13)19)11-7-14(24-23-11)22-17-12-6-10(3)25-26(12)5-4-20-17/h4-7,9,13,15-16H,8H2,1-3H3,(H,21,27)(H2,20,22,23,24)/t13-,15+,16-/m0/s1. The van der Waals surface area contributed by atoms with Gasteiger partial charge in [-0.2, -0.15) is 10.2 Å². The van der Waals surface area contributed by atoms with Gasteiger partial charge in [-0.15, -0.1) is 0 Å². The van der Waals surface area contributed by atoms with Crippen LogP contribution in [0.3, 0.4) is 0 Å². The summed E-state index contributed by atoms with van der Waals surface area (Å²) in [5, 5.41) is 16.9. The van der Waals surface area contributed by atoms with Crippen molar-refractivity contribution in [3.8, 4) is 0 Å². The lowest BCUT2D eigenvalue weighted by molar-refractivity contribution is 0.0615. The summed E-state index contributed by atoms with van der Waals surface area (Å²) in [6.45, 7) is 5.45. The van der Waals surface area contributed by atoms with Gasteiger partial charge in [-0.05, 0) is 26.8 Å². The zero-order chi connectivity index (χ0) is 20.5. The number of aryl methyl sites for hydroxylation is 1. The van der Waals surface area contributed by atoms with Gasteiger partial charge in [0.15, 0.2) is 23.9 Å². The van der Waals surface area contributed by atoms with E-state index < -0.39 is 24.5 Å². The van der Waals surface area contributed by atoms with Crippen LogP contribution in [0, 0.1) is 6.92 Å². The number of anilines is 2. The molecule has 1 aliphatic rings. The van der Waals surface area contributed by atoms with Crippen LogP contribution in [-0.2, 0) is 9.47 Å². The van der Waals surface area contributed by atoms with Crippen molar-refractivity contribution in [1.82, 2.24) is 30.1 Å². The van der Waals surface area contributed by atoms with Gasteiger partial charge in [0.25, 0.3) is 0 Å². The van der Waals surface area contributed by atoms with E-state index in [0.717, 1.165) is 11.2 Å². The molecule has 1 saturated heterocycles. The zero-order valence-corrected chi connectivity index (χ0v) is 16.2. The molecule has 0 aliphatic carbocycles. The van der Waals surface area contributed by atoms with Gasteiger partial charge in [0.05, 0.1) is 18.0 Å². The molecule has 4 rings (SSSR count). The number of nitrogens with zero attached hydrogens (tertiary/aromatic N) is 4. The molecule has 0 saturated carbocycles. The van der Waals surface area contributed by atoms with Gasteiger partial charge >= 0.3 is 6.09 Å². The summed E-state index contributed by atoms with van der Waals surface area (Å²) >= 11 is 0. The van der Waals surface area contributed by atoms with Crippen LogP contribution in [0.5, 0.6) is 0 Å². The quantitative estimate of drug-likeness (QED) is 0.599. The van der Waals surface area contributed by atoms with Crippen LogP contribution < -0.4 is 10.6 Å². The molecule has 11 heteroatoms. The van der Waals surface area contributed by atoms with Crippen molar-refractivity contribution in [2.45, 2.75) is 45.2 Å². The fourth-order valence-electron chi connectivity index (χ4n) is 3.15. The SMILES string of the molecule is Cc1cc2c(Nc3cc([C@@H]4OC[C@H](OC(=O)NC(C)C)[C@H]4F)[nH]n3)nccn2n1. The molecule has 1 aliphatic heterocycles. The van der Waals surface area contributed by atoms with E-state index in [1.54, 1.807) is 36.8 Å². The van der Waals surface area contributed by atoms with Crippen LogP contribution in [0.4, 0.5) is 20.8 Å². The molecule has 0 aromatic carbocycles. The molecular weight excluding hydrogens is 381 g/mol. The maximum atomic E-state index is 14.8. The molecule has 0 radical (unpaired) electrons. The van der Waals surface area contributed by atoms with Gasteiger partial charge in [-0.3, -0.25) is 5.10 Å². The number of aromatic amines is 1. The van der Waals surface area contributed by atoms with Gasteiger partial charge in [-0.1, -0.05) is 0 Å². The number of H-pyrrole nitrogens is 1. The highest BCUT2D eigenvalue weighted by Gasteiger charge is 2.42. The largest absolute Gasteiger partial charge is 0.441 e. The number of hydrogen-bond acceptors (Lipinski definition) is 7. The summed E-state index contributed by atoms with van der Waals surface area (Å²) in [5.74, 6) is 1.03. The highest BCUT2D eigenvalue weighted by atomic mass is 19.1. The van der Waals surface area contributed by atoms with E-state index >= 15 is 0 Å². The Hall–Kier alpha value is -3.21. The number of fused-ring (bicyclic) bond motifs is 1. The van der Waals surface area contributed by atoms with Gasteiger partial charge in [-0.25, -0.2) is 18.7 Å². The first-order valence-corrected chi connectivity index (χ1v) is 9.27. The van der Waals surface area contributed by atoms with Gasteiger partial charge < -0.3 is 20.1 Å². The van der Waals surface area contributed by atoms with Crippen molar-refractivity contribution in [3.63, 3.8) is 0 Å². The first-order valence-electron chi connectivity index (χ1n) is 9.27. The highest BCUT2D eigenvalue weighted by molar-refractivity contribution is 5.72. The lowest BCUT2D eigenvalue weighted by Gasteiger charge is -2.16. The third-order valence-corrected chi connectivity index (χ3v) is 4.41. The minimum absolute atomic E-state index is 0.0326. The third-order valence-electron chi connectivity index (χ3n) is 4.41. The predicted molar refractivity (Wildman–Crippen MR) is 102 cm³/mol. The molecule has 0 spiro atoms. The topological polar surface area (TPSA) is 118 Å². The fourth-order valence-corrected chi connectivity index (χ4v) is 3.15. The summed E-state index contributed by atoms with van der Waals surface area (Å²) in [5.41, 5.74) is 2.09. The normalized spacial score (nSPS) is 21.6. The van der Waals surface area contributed by atoms with Crippen LogP contribution >= 0.6 is 0 Å². The Morgan fingerprint density at radius 2 is 2.28 bits per heavy atom. The van der Waals surface area contributed by atoms with Crippen molar-refractivity contribution < 1.29 is 18.7 Å². The highest BCUT2D eigenvalue weighted by Crippen LogP contribution is 2.33. The molecule has 29 heavy (non-hydrogen) atoms. The number of carbonyl (C=O) groups is 1. The Labute approximate surface area is 165 Å². The molecule has 4 heterocycles. The minimum atomic E-state index is -1.51. The number of rotatable bonds is 5. The monoisotopic (exact) mass is 403 g/mol. The number of hydrogen-bond donors (Lipinski definition) is 3. The molecule has 3 aromatic rings. The average molecular weight is 403 g/mol. The molecule has 0 unspecified atom stereocenters. The third kappa shape index (κ3) is 3.99. The fraction of sp³-hybridized carbons (Fsp3) is 0.444. The number of carbonyl (C=O) groups excluding carboxylic acids is 1. The van der Waals surface area contributed by atoms with Gasteiger partial charge in [0, 0.05) is 24.5 Å². The summed E-state index contributed by atoms with van der Waals surface area (Å²) in [6, 6.07) is 3.44. The maximum absolute atomic E-state index is 14.8. The maximum Gasteiger partial charge on any atom is 0.407 e. The first kappa shape index (κ1) is 19.1. The molecule has 0 bridgehead atoms. The lowest BCUT2D eigenvalue weighted by Crippen LogP contribution is -2.36. The Morgan fingerprint density at radius 1 is 1.45 bits per heavy atom. The summed E-state index contributed by atoms with van der Waals surface area (Å²) < 4.78 is 27.1. The van der Waals surface area contributed by atoms with E-state index in [1.807, 2.05) is 13.0 Å². The van der Waals surface area contributed by atoms with Crippen LogP contribution in [0.15, 0.2) is 24.5 Å². The number of ether oxygens (including phenoxy) is 2. The molecule has 3 atom stereocenters. The van der Waals surface area contributed by atoms with E-state index in [4.69, 9.17) is 9.47 Å². The number of aromatic nitrogens is 5. The Kier molecular flexibility index (Phi) is 5.05. The van der Waals surface area contributed by atoms with Gasteiger partial charge in [0.1, 0.15) is 11.6 Å². The van der Waals surface area contributed by atoms with E-state index in [1.165, 1.54) is 0 Å². The lowest BCUT2D eigenvalue weighted by atomic mass is 10.1. The number of alkyl carbamates (subject to hydrolysis) is 1. The second-order valence-electron chi connectivity index (χ2n) is 7.17. The van der Waals surface area contributed by atoms with Gasteiger partial charge in [0.2, 0.25) is 0 Å². The Bertz CT molecular complexity index is 1020. The van der Waals surface area contributed by atoms with Crippen LogP contribution in [0.1, 0.15) is 31.3 Å². The first-order chi connectivity index (χ1) is 13.9. The van der Waals surface area contributed by atoms with Crippen molar-refractivity contribution in [2.24, 2.45) is 0 Å². The second kappa shape index (κ2) is 7.66. The number of amides is 1. The number of halogens is 1. The van der Waals surface area contributed by atoms with Crippen LogP contribution in [-0.4, -0.2) is 55.8 Å². The van der Waals surface area contributed by atoms with E-state index in [2.05, 4.69) is 30.9 Å². The summed E-state index contributed by atoms with van der Waals surface area (Å²) in [6.07, 6.45) is -0.699. The van der Waals surface area contributed by atoms with E-state index in [9.17, 15) is 9.18 Å². The molecule has 1 amide bonds. The number of alkyl halides is 1. The molecular formula is C18H22FN7O3. The van der Waals surface area contributed by atoms with Crippen LogP contribution in [0.25, 0.3) is 5.52 Å². The molecule has 154 valence electrons.